The third kappa shape index (κ3) is 3.88. The molecule has 2 N–H and O–H groups in total. The molecule has 3 heterocycles. The molecule has 0 aromatic carbocycles. The molecule has 24 heavy (non-hydrogen) atoms. The molecule has 0 unspecified atom stereocenters. The fraction of sp³-hybridized carbons (Fsp3) is 0.824. The number of amides is 3. The highest BCUT2D eigenvalue weighted by molar-refractivity contribution is 5.85. The zero-order chi connectivity index (χ0) is 17.1. The van der Waals surface area contributed by atoms with E-state index in [2.05, 4.69) is 0 Å². The third-order valence-corrected chi connectivity index (χ3v) is 5.54. The molecule has 2 atom stereocenters. The highest BCUT2D eigenvalue weighted by atomic mass is 16.5. The van der Waals surface area contributed by atoms with Crippen molar-refractivity contribution in [1.29, 1.82) is 0 Å². The number of carbonyl (C=O) groups excluding carboxylic acids is 3. The van der Waals surface area contributed by atoms with Gasteiger partial charge in [-0.15, -0.1) is 0 Å². The van der Waals surface area contributed by atoms with E-state index in [-0.39, 0.29) is 30.4 Å². The Kier molecular flexibility index (Phi) is 5.38. The van der Waals surface area contributed by atoms with Crippen LogP contribution in [0.5, 0.6) is 0 Å². The molecule has 0 radical (unpaired) electrons. The van der Waals surface area contributed by atoms with E-state index < -0.39 is 6.10 Å². The lowest BCUT2D eigenvalue weighted by molar-refractivity contribution is -0.143. The second-order valence-corrected chi connectivity index (χ2v) is 7.13. The molecule has 3 fully saturated rings. The fourth-order valence-electron chi connectivity index (χ4n) is 4.03. The molecule has 0 aromatic rings. The summed E-state index contributed by atoms with van der Waals surface area (Å²) in [5.74, 6) is 0.152. The molecule has 0 saturated carbocycles. The van der Waals surface area contributed by atoms with Gasteiger partial charge in [0.05, 0.1) is 12.6 Å². The van der Waals surface area contributed by atoms with Crippen molar-refractivity contribution in [2.45, 2.75) is 57.2 Å². The van der Waals surface area contributed by atoms with Crippen molar-refractivity contribution in [3.05, 3.63) is 0 Å². The molecular formula is C17H27N3O4. The topological polar surface area (TPSA) is 92.9 Å². The molecule has 0 bridgehead atoms. The first-order chi connectivity index (χ1) is 11.5. The smallest absolute Gasteiger partial charge is 0.246 e. The van der Waals surface area contributed by atoms with Crippen LogP contribution >= 0.6 is 0 Å². The maximum absolute atomic E-state index is 12.4. The van der Waals surface area contributed by atoms with Crippen LogP contribution in [0.4, 0.5) is 0 Å². The van der Waals surface area contributed by atoms with Crippen LogP contribution in [0.2, 0.25) is 0 Å². The molecule has 3 saturated heterocycles. The van der Waals surface area contributed by atoms with Crippen LogP contribution in [0.3, 0.4) is 0 Å². The summed E-state index contributed by atoms with van der Waals surface area (Å²) in [6, 6.07) is 0. The molecule has 0 spiro atoms. The SMILES string of the molecule is NC(=O)[C@H]1CC[C@@H](C2CCN(C(=O)CN3CCCCC3=O)CC2)O1. The van der Waals surface area contributed by atoms with E-state index in [1.165, 1.54) is 0 Å². The predicted molar refractivity (Wildman–Crippen MR) is 86.8 cm³/mol. The van der Waals surface area contributed by atoms with Gasteiger partial charge in [0.25, 0.3) is 0 Å². The molecule has 7 heteroatoms. The lowest BCUT2D eigenvalue weighted by Crippen LogP contribution is -2.48. The summed E-state index contributed by atoms with van der Waals surface area (Å²) in [6.07, 6.45) is 5.47. The number of nitrogens with zero attached hydrogens (tertiary/aromatic N) is 2. The summed E-state index contributed by atoms with van der Waals surface area (Å²) >= 11 is 0. The summed E-state index contributed by atoms with van der Waals surface area (Å²) < 4.78 is 5.76. The van der Waals surface area contributed by atoms with Crippen molar-refractivity contribution in [3.63, 3.8) is 0 Å². The number of carbonyl (C=O) groups is 3. The Morgan fingerprint density at radius 2 is 1.83 bits per heavy atom. The van der Waals surface area contributed by atoms with Gasteiger partial charge in [0.2, 0.25) is 17.7 Å². The predicted octanol–water partition coefficient (Wildman–Crippen LogP) is 0.270. The molecule has 3 aliphatic heterocycles. The fourth-order valence-corrected chi connectivity index (χ4v) is 4.03. The number of hydrogen-bond acceptors (Lipinski definition) is 4. The van der Waals surface area contributed by atoms with E-state index in [1.54, 1.807) is 4.90 Å². The van der Waals surface area contributed by atoms with Gasteiger partial charge in [-0.05, 0) is 44.4 Å². The zero-order valence-electron chi connectivity index (χ0n) is 14.1. The van der Waals surface area contributed by atoms with Gasteiger partial charge in [0, 0.05) is 26.1 Å². The summed E-state index contributed by atoms with van der Waals surface area (Å²) in [5.41, 5.74) is 5.30. The maximum atomic E-state index is 12.4. The molecular weight excluding hydrogens is 310 g/mol. The van der Waals surface area contributed by atoms with Crippen LogP contribution in [-0.2, 0) is 19.1 Å². The number of hydrogen-bond donors (Lipinski definition) is 1. The minimum absolute atomic E-state index is 0.0473. The first-order valence-corrected chi connectivity index (χ1v) is 9.05. The molecule has 7 nitrogen and oxygen atoms in total. The van der Waals surface area contributed by atoms with E-state index >= 15 is 0 Å². The molecule has 3 amide bonds. The van der Waals surface area contributed by atoms with E-state index in [0.29, 0.717) is 38.4 Å². The minimum atomic E-state index is -0.445. The quantitative estimate of drug-likeness (QED) is 0.797. The average molecular weight is 337 g/mol. The second-order valence-electron chi connectivity index (χ2n) is 7.13. The number of rotatable bonds is 4. The minimum Gasteiger partial charge on any atom is -0.367 e. The van der Waals surface area contributed by atoms with Crippen LogP contribution in [0.1, 0.15) is 44.9 Å². The Morgan fingerprint density at radius 1 is 1.08 bits per heavy atom. The van der Waals surface area contributed by atoms with Crippen molar-refractivity contribution in [1.82, 2.24) is 9.80 Å². The largest absolute Gasteiger partial charge is 0.367 e. The van der Waals surface area contributed by atoms with E-state index in [4.69, 9.17) is 10.5 Å². The van der Waals surface area contributed by atoms with Crippen molar-refractivity contribution >= 4 is 17.7 Å². The standard InChI is InChI=1S/C17H27N3O4/c18-17(23)14-5-4-13(24-14)12-6-9-19(10-7-12)16(22)11-20-8-2-1-3-15(20)21/h12-14H,1-11H2,(H2,18,23)/t13-,14+/m0/s1. The Balaban J connectivity index is 1.44. The Hall–Kier alpha value is -1.63. The molecule has 0 aliphatic carbocycles. The highest BCUT2D eigenvalue weighted by Gasteiger charge is 2.36. The normalized spacial score (nSPS) is 29.1. The van der Waals surface area contributed by atoms with Crippen LogP contribution in [0, 0.1) is 5.92 Å². The summed E-state index contributed by atoms with van der Waals surface area (Å²) in [4.78, 5) is 39.0. The number of nitrogens with two attached hydrogens (primary N) is 1. The lowest BCUT2D eigenvalue weighted by atomic mass is 9.89. The van der Waals surface area contributed by atoms with Gasteiger partial charge in [-0.25, -0.2) is 0 Å². The van der Waals surface area contributed by atoms with Gasteiger partial charge in [-0.2, -0.15) is 0 Å². The van der Waals surface area contributed by atoms with E-state index in [1.807, 2.05) is 4.90 Å². The van der Waals surface area contributed by atoms with Crippen molar-refractivity contribution < 1.29 is 19.1 Å². The van der Waals surface area contributed by atoms with Crippen LogP contribution in [-0.4, -0.2) is 65.9 Å². The van der Waals surface area contributed by atoms with Crippen molar-refractivity contribution in [2.75, 3.05) is 26.2 Å². The first kappa shape index (κ1) is 17.2. The number of ether oxygens (including phenoxy) is 1. The zero-order valence-corrected chi connectivity index (χ0v) is 14.1. The summed E-state index contributed by atoms with van der Waals surface area (Å²) in [6.45, 7) is 2.32. The molecule has 3 rings (SSSR count). The van der Waals surface area contributed by atoms with Gasteiger partial charge in [0.15, 0.2) is 0 Å². The Morgan fingerprint density at radius 3 is 2.46 bits per heavy atom. The van der Waals surface area contributed by atoms with Gasteiger partial charge in [-0.1, -0.05) is 0 Å². The highest BCUT2D eigenvalue weighted by Crippen LogP contribution is 2.31. The monoisotopic (exact) mass is 337 g/mol. The lowest BCUT2D eigenvalue weighted by Gasteiger charge is -2.36. The average Bonchev–Trinajstić information content (AvgIpc) is 3.07. The van der Waals surface area contributed by atoms with Crippen molar-refractivity contribution in [3.8, 4) is 0 Å². The summed E-state index contributed by atoms with van der Waals surface area (Å²) in [7, 11) is 0. The van der Waals surface area contributed by atoms with Crippen LogP contribution in [0.15, 0.2) is 0 Å². The second kappa shape index (κ2) is 7.51. The van der Waals surface area contributed by atoms with Crippen molar-refractivity contribution in [2.24, 2.45) is 11.7 Å². The summed E-state index contributed by atoms with van der Waals surface area (Å²) in [5, 5.41) is 0. The molecule has 0 aromatic heterocycles. The van der Waals surface area contributed by atoms with Crippen LogP contribution in [0.25, 0.3) is 0 Å². The van der Waals surface area contributed by atoms with Crippen LogP contribution < -0.4 is 5.73 Å². The van der Waals surface area contributed by atoms with E-state index in [0.717, 1.165) is 32.1 Å². The first-order valence-electron chi connectivity index (χ1n) is 9.05. The van der Waals surface area contributed by atoms with E-state index in [9.17, 15) is 14.4 Å². The van der Waals surface area contributed by atoms with Gasteiger partial charge >= 0.3 is 0 Å². The number of primary amides is 1. The van der Waals surface area contributed by atoms with Gasteiger partial charge < -0.3 is 20.3 Å². The van der Waals surface area contributed by atoms with Gasteiger partial charge in [0.1, 0.15) is 6.10 Å². The molecule has 3 aliphatic rings. The maximum Gasteiger partial charge on any atom is 0.246 e. The third-order valence-electron chi connectivity index (χ3n) is 5.54. The van der Waals surface area contributed by atoms with Gasteiger partial charge in [-0.3, -0.25) is 14.4 Å². The number of likely N-dealkylation sites (tertiary alicyclic amines) is 2. The Bertz CT molecular complexity index is 502. The Labute approximate surface area is 142 Å². The molecule has 134 valence electrons. The number of piperidine rings is 2.